The highest BCUT2D eigenvalue weighted by atomic mass is 16.4. The molecular weight excluding hydrogens is 248 g/mol. The Hall–Kier alpha value is -2.18. The van der Waals surface area contributed by atoms with Gasteiger partial charge in [-0.2, -0.15) is 10.2 Å². The number of carbonyl (C=O) groups excluding carboxylic acids is 1. The van der Waals surface area contributed by atoms with Gasteiger partial charge in [0, 0.05) is 6.20 Å². The predicted octanol–water partition coefficient (Wildman–Crippen LogP) is 0.529. The van der Waals surface area contributed by atoms with Crippen LogP contribution in [0.1, 0.15) is 25.5 Å². The van der Waals surface area contributed by atoms with E-state index >= 15 is 0 Å². The Morgan fingerprint density at radius 2 is 2.26 bits per heavy atom. The van der Waals surface area contributed by atoms with Crippen LogP contribution < -0.4 is 10.6 Å². The fourth-order valence-corrected chi connectivity index (χ4v) is 1.87. The summed E-state index contributed by atoms with van der Waals surface area (Å²) in [7, 11) is 0. The smallest absolute Gasteiger partial charge is 0.329 e. The average molecular weight is 264 g/mol. The number of nitrogens with one attached hydrogen (secondary N) is 2. The Labute approximate surface area is 110 Å². The second-order valence-corrected chi connectivity index (χ2v) is 4.80. The second-order valence-electron chi connectivity index (χ2n) is 4.80. The monoisotopic (exact) mass is 264 g/mol. The zero-order valence-electron chi connectivity index (χ0n) is 10.6. The van der Waals surface area contributed by atoms with Gasteiger partial charge in [-0.05, 0) is 37.8 Å². The number of amides is 2. The van der Waals surface area contributed by atoms with Crippen molar-refractivity contribution in [2.75, 3.05) is 0 Å². The van der Waals surface area contributed by atoms with Gasteiger partial charge in [0.05, 0.1) is 12.2 Å². The van der Waals surface area contributed by atoms with E-state index < -0.39 is 17.5 Å². The molecule has 1 fully saturated rings. The van der Waals surface area contributed by atoms with E-state index in [0.29, 0.717) is 5.69 Å². The number of carboxylic acids is 1. The zero-order chi connectivity index (χ0) is 13.9. The minimum absolute atomic E-state index is 0.00673. The van der Waals surface area contributed by atoms with Crippen LogP contribution in [0.2, 0.25) is 0 Å². The van der Waals surface area contributed by atoms with Crippen LogP contribution in [-0.2, 0) is 11.3 Å². The standard InChI is InChI=1S/C12H16N4O3/c1-12(10(17)18,8-4-5-8)15-11(19)13-7-9-3-2-6-14-16-9/h2-3,6,8H,4-5,7H2,1H3,(H,17,18)(H2,13,15,19). The Balaban J connectivity index is 1.88. The van der Waals surface area contributed by atoms with E-state index in [0.717, 1.165) is 12.8 Å². The molecule has 3 N–H and O–H groups in total. The van der Waals surface area contributed by atoms with Crippen LogP contribution >= 0.6 is 0 Å². The fourth-order valence-electron chi connectivity index (χ4n) is 1.87. The van der Waals surface area contributed by atoms with Gasteiger partial charge in [0.25, 0.3) is 0 Å². The lowest BCUT2D eigenvalue weighted by Gasteiger charge is -2.26. The Kier molecular flexibility index (Phi) is 3.64. The van der Waals surface area contributed by atoms with E-state index in [4.69, 9.17) is 0 Å². The van der Waals surface area contributed by atoms with Gasteiger partial charge in [0.1, 0.15) is 5.54 Å². The quantitative estimate of drug-likeness (QED) is 0.719. The van der Waals surface area contributed by atoms with Crippen LogP contribution in [0.4, 0.5) is 4.79 Å². The van der Waals surface area contributed by atoms with Crippen LogP contribution in [-0.4, -0.2) is 32.8 Å². The van der Waals surface area contributed by atoms with Crippen LogP contribution in [0.5, 0.6) is 0 Å². The third kappa shape index (κ3) is 3.18. The highest BCUT2D eigenvalue weighted by Crippen LogP contribution is 2.39. The van der Waals surface area contributed by atoms with Crippen molar-refractivity contribution in [3.8, 4) is 0 Å². The predicted molar refractivity (Wildman–Crippen MR) is 66.2 cm³/mol. The number of carbonyl (C=O) groups is 2. The molecule has 2 amide bonds. The summed E-state index contributed by atoms with van der Waals surface area (Å²) in [6, 6.07) is 2.93. The summed E-state index contributed by atoms with van der Waals surface area (Å²) in [4.78, 5) is 23.0. The SMILES string of the molecule is CC(NC(=O)NCc1cccnn1)(C(=O)O)C1CC1. The molecule has 2 rings (SSSR count). The van der Waals surface area contributed by atoms with Crippen molar-refractivity contribution in [2.45, 2.75) is 31.8 Å². The summed E-state index contributed by atoms with van der Waals surface area (Å²) in [6.45, 7) is 1.74. The molecule has 1 atom stereocenters. The molecular formula is C12H16N4O3. The van der Waals surface area contributed by atoms with Gasteiger partial charge in [0.2, 0.25) is 0 Å². The van der Waals surface area contributed by atoms with Crippen LogP contribution in [0.15, 0.2) is 18.3 Å². The maximum Gasteiger partial charge on any atom is 0.329 e. The van der Waals surface area contributed by atoms with Crippen molar-refractivity contribution in [3.63, 3.8) is 0 Å². The van der Waals surface area contributed by atoms with E-state index in [-0.39, 0.29) is 12.5 Å². The highest BCUT2D eigenvalue weighted by molar-refractivity contribution is 5.86. The van der Waals surface area contributed by atoms with Crippen molar-refractivity contribution in [2.24, 2.45) is 5.92 Å². The Morgan fingerprint density at radius 3 is 2.79 bits per heavy atom. The van der Waals surface area contributed by atoms with Gasteiger partial charge in [-0.1, -0.05) is 0 Å². The largest absolute Gasteiger partial charge is 0.480 e. The van der Waals surface area contributed by atoms with Gasteiger partial charge in [-0.25, -0.2) is 9.59 Å². The van der Waals surface area contributed by atoms with Crippen LogP contribution in [0.25, 0.3) is 0 Å². The summed E-state index contributed by atoms with van der Waals surface area (Å²) < 4.78 is 0. The third-order valence-electron chi connectivity index (χ3n) is 3.27. The van der Waals surface area contributed by atoms with Crippen molar-refractivity contribution in [1.82, 2.24) is 20.8 Å². The summed E-state index contributed by atoms with van der Waals surface area (Å²) in [6.07, 6.45) is 3.19. The van der Waals surface area contributed by atoms with E-state index in [1.165, 1.54) is 13.1 Å². The summed E-state index contributed by atoms with van der Waals surface area (Å²) >= 11 is 0. The molecule has 0 spiro atoms. The molecule has 19 heavy (non-hydrogen) atoms. The molecule has 0 bridgehead atoms. The normalized spacial score (nSPS) is 17.3. The summed E-state index contributed by atoms with van der Waals surface area (Å²) in [5.41, 5.74) is -0.590. The number of nitrogens with zero attached hydrogens (tertiary/aromatic N) is 2. The van der Waals surface area contributed by atoms with E-state index in [2.05, 4.69) is 20.8 Å². The lowest BCUT2D eigenvalue weighted by molar-refractivity contribution is -0.144. The van der Waals surface area contributed by atoms with Gasteiger partial charge in [-0.3, -0.25) is 0 Å². The third-order valence-corrected chi connectivity index (χ3v) is 3.27. The minimum Gasteiger partial charge on any atom is -0.480 e. The first-order chi connectivity index (χ1) is 9.02. The van der Waals surface area contributed by atoms with Crippen molar-refractivity contribution in [1.29, 1.82) is 0 Å². The van der Waals surface area contributed by atoms with Gasteiger partial charge < -0.3 is 15.7 Å². The summed E-state index contributed by atoms with van der Waals surface area (Å²) in [5, 5.41) is 21.8. The number of carboxylic acid groups (broad SMARTS) is 1. The molecule has 102 valence electrons. The molecule has 1 saturated carbocycles. The van der Waals surface area contributed by atoms with Gasteiger partial charge >= 0.3 is 12.0 Å². The first kappa shape index (κ1) is 13.3. The van der Waals surface area contributed by atoms with Crippen LogP contribution in [0.3, 0.4) is 0 Å². The molecule has 0 aliphatic heterocycles. The topological polar surface area (TPSA) is 104 Å². The van der Waals surface area contributed by atoms with Crippen molar-refractivity contribution < 1.29 is 14.7 Å². The number of hydrogen-bond acceptors (Lipinski definition) is 4. The molecule has 1 unspecified atom stereocenters. The fraction of sp³-hybridized carbons (Fsp3) is 0.500. The second kappa shape index (κ2) is 5.21. The number of rotatable bonds is 5. The Bertz CT molecular complexity index is 475. The first-order valence-corrected chi connectivity index (χ1v) is 6.08. The Morgan fingerprint density at radius 1 is 1.53 bits per heavy atom. The molecule has 1 aliphatic rings. The number of aromatic nitrogens is 2. The van der Waals surface area contributed by atoms with E-state index in [9.17, 15) is 14.7 Å². The minimum atomic E-state index is -1.20. The molecule has 7 nitrogen and oxygen atoms in total. The first-order valence-electron chi connectivity index (χ1n) is 6.08. The summed E-state index contributed by atoms with van der Waals surface area (Å²) in [5.74, 6) is -1.00. The maximum atomic E-state index is 11.7. The van der Waals surface area contributed by atoms with Crippen molar-refractivity contribution in [3.05, 3.63) is 24.0 Å². The molecule has 1 aromatic rings. The van der Waals surface area contributed by atoms with Gasteiger partial charge in [-0.15, -0.1) is 0 Å². The lowest BCUT2D eigenvalue weighted by atomic mass is 9.96. The lowest BCUT2D eigenvalue weighted by Crippen LogP contribution is -2.56. The molecule has 1 heterocycles. The number of aliphatic carboxylic acids is 1. The molecule has 0 aromatic carbocycles. The molecule has 0 radical (unpaired) electrons. The highest BCUT2D eigenvalue weighted by Gasteiger charge is 2.48. The number of urea groups is 1. The average Bonchev–Trinajstić information content (AvgIpc) is 3.22. The molecule has 1 aliphatic carbocycles. The van der Waals surface area contributed by atoms with Crippen molar-refractivity contribution >= 4 is 12.0 Å². The van der Waals surface area contributed by atoms with E-state index in [1.54, 1.807) is 12.1 Å². The maximum absolute atomic E-state index is 11.7. The number of hydrogen-bond donors (Lipinski definition) is 3. The van der Waals surface area contributed by atoms with E-state index in [1.807, 2.05) is 0 Å². The van der Waals surface area contributed by atoms with Crippen LogP contribution in [0, 0.1) is 5.92 Å². The molecule has 0 saturated heterocycles. The molecule has 7 heteroatoms. The van der Waals surface area contributed by atoms with Gasteiger partial charge in [0.15, 0.2) is 0 Å². The molecule has 1 aromatic heterocycles. The zero-order valence-corrected chi connectivity index (χ0v) is 10.6.